The zero-order valence-electron chi connectivity index (χ0n) is 15.3. The molecule has 1 fully saturated rings. The van der Waals surface area contributed by atoms with Crippen LogP contribution in [0.25, 0.3) is 0 Å². The summed E-state index contributed by atoms with van der Waals surface area (Å²) in [6, 6.07) is 7.19. The van der Waals surface area contributed by atoms with Crippen LogP contribution in [0.4, 0.5) is 4.79 Å². The lowest BCUT2D eigenvalue weighted by molar-refractivity contribution is -0.138. The van der Waals surface area contributed by atoms with Crippen LogP contribution in [0, 0.1) is 11.3 Å². The molecular formula is C19H27ClN2O3. The van der Waals surface area contributed by atoms with E-state index in [0.717, 1.165) is 6.42 Å². The van der Waals surface area contributed by atoms with Gasteiger partial charge in [0.15, 0.2) is 0 Å². The van der Waals surface area contributed by atoms with Crippen LogP contribution in [0.15, 0.2) is 24.3 Å². The average Bonchev–Trinajstić information content (AvgIpc) is 2.51. The fourth-order valence-electron chi connectivity index (χ4n) is 3.70. The Kier molecular flexibility index (Phi) is 5.99. The van der Waals surface area contributed by atoms with Crippen molar-refractivity contribution in [2.75, 3.05) is 13.1 Å². The molecule has 2 N–H and O–H groups in total. The molecule has 0 aliphatic carbocycles. The fourth-order valence-corrected chi connectivity index (χ4v) is 3.83. The number of piperidine rings is 1. The average molecular weight is 367 g/mol. The molecule has 2 rings (SSSR count). The minimum Gasteiger partial charge on any atom is -0.465 e. The predicted molar refractivity (Wildman–Crippen MR) is 99.0 cm³/mol. The summed E-state index contributed by atoms with van der Waals surface area (Å²) in [5.41, 5.74) is 1.12. The van der Waals surface area contributed by atoms with Crippen molar-refractivity contribution in [2.45, 2.75) is 46.1 Å². The Morgan fingerprint density at radius 2 is 1.88 bits per heavy atom. The number of carbonyl (C=O) groups is 2. The quantitative estimate of drug-likeness (QED) is 0.846. The first-order valence-electron chi connectivity index (χ1n) is 8.65. The van der Waals surface area contributed by atoms with Crippen molar-refractivity contribution in [2.24, 2.45) is 11.3 Å². The van der Waals surface area contributed by atoms with E-state index in [1.165, 1.54) is 5.56 Å². The Hall–Kier alpha value is -1.75. The zero-order valence-corrected chi connectivity index (χ0v) is 16.0. The summed E-state index contributed by atoms with van der Waals surface area (Å²) in [4.78, 5) is 25.6. The fraction of sp³-hybridized carbons (Fsp3) is 0.579. The van der Waals surface area contributed by atoms with Gasteiger partial charge in [-0.2, -0.15) is 0 Å². The highest BCUT2D eigenvalue weighted by atomic mass is 35.5. The summed E-state index contributed by atoms with van der Waals surface area (Å²) in [7, 11) is 0. The number of benzene rings is 1. The molecule has 1 aliphatic rings. The minimum atomic E-state index is -1.16. The van der Waals surface area contributed by atoms with E-state index in [0.29, 0.717) is 24.0 Å². The highest BCUT2D eigenvalue weighted by Crippen LogP contribution is 2.42. The molecule has 2 atom stereocenters. The molecule has 0 radical (unpaired) electrons. The van der Waals surface area contributed by atoms with Crippen LogP contribution in [0.2, 0.25) is 5.02 Å². The maximum atomic E-state index is 12.8. The van der Waals surface area contributed by atoms with Crippen LogP contribution in [0.5, 0.6) is 0 Å². The van der Waals surface area contributed by atoms with Crippen molar-refractivity contribution in [3.63, 3.8) is 0 Å². The number of carboxylic acid groups (broad SMARTS) is 1. The third-order valence-electron chi connectivity index (χ3n) is 5.03. The lowest BCUT2D eigenvalue weighted by Crippen LogP contribution is -2.55. The monoisotopic (exact) mass is 366 g/mol. The second-order valence-electron chi connectivity index (χ2n) is 7.81. The van der Waals surface area contributed by atoms with Crippen LogP contribution in [0.1, 0.15) is 45.6 Å². The number of nitrogens with one attached hydrogen (secondary N) is 1. The minimum absolute atomic E-state index is 0.0966. The maximum Gasteiger partial charge on any atom is 0.405 e. The van der Waals surface area contributed by atoms with Gasteiger partial charge in [0.2, 0.25) is 5.91 Å². The third-order valence-corrected chi connectivity index (χ3v) is 5.28. The summed E-state index contributed by atoms with van der Waals surface area (Å²) >= 11 is 5.98. The van der Waals surface area contributed by atoms with Crippen LogP contribution in [-0.2, 0) is 4.79 Å². The van der Waals surface area contributed by atoms with Gasteiger partial charge in [-0.15, -0.1) is 0 Å². The van der Waals surface area contributed by atoms with Crippen molar-refractivity contribution in [3.8, 4) is 0 Å². The van der Waals surface area contributed by atoms with Gasteiger partial charge in [-0.05, 0) is 41.4 Å². The Bertz CT molecular complexity index is 628. The van der Waals surface area contributed by atoms with Crippen LogP contribution in [0.3, 0.4) is 0 Å². The topological polar surface area (TPSA) is 69.6 Å². The third kappa shape index (κ3) is 4.66. The standard InChI is InChI=1S/C19H27ClN2O3/c1-12(2)16(21-18(24)25)17(23)22-10-9-15(19(3,4)11-22)13-5-7-14(20)8-6-13/h5-8,12,15-16,21H,9-11H2,1-4H3,(H,24,25)/t15?,16-/m1/s1. The molecular weight excluding hydrogens is 340 g/mol. The van der Waals surface area contributed by atoms with Gasteiger partial charge in [-0.25, -0.2) is 4.79 Å². The van der Waals surface area contributed by atoms with Crippen LogP contribution < -0.4 is 5.32 Å². The molecule has 1 aromatic carbocycles. The van der Waals surface area contributed by atoms with E-state index < -0.39 is 12.1 Å². The molecule has 6 heteroatoms. The molecule has 138 valence electrons. The highest BCUT2D eigenvalue weighted by molar-refractivity contribution is 6.30. The van der Waals surface area contributed by atoms with Crippen molar-refractivity contribution in [1.29, 1.82) is 0 Å². The first kappa shape index (κ1) is 19.6. The number of hydrogen-bond acceptors (Lipinski definition) is 2. The molecule has 5 nitrogen and oxygen atoms in total. The molecule has 1 heterocycles. The number of rotatable bonds is 4. The number of nitrogens with zero attached hydrogens (tertiary/aromatic N) is 1. The Morgan fingerprint density at radius 3 is 2.36 bits per heavy atom. The second kappa shape index (κ2) is 7.65. The Morgan fingerprint density at radius 1 is 1.28 bits per heavy atom. The van der Waals surface area contributed by atoms with E-state index in [2.05, 4.69) is 31.3 Å². The van der Waals surface area contributed by atoms with Crippen molar-refractivity contribution < 1.29 is 14.7 Å². The number of likely N-dealkylation sites (tertiary alicyclic amines) is 1. The van der Waals surface area contributed by atoms with Gasteiger partial charge in [-0.1, -0.05) is 51.4 Å². The summed E-state index contributed by atoms with van der Waals surface area (Å²) in [6.45, 7) is 9.24. The van der Waals surface area contributed by atoms with E-state index in [-0.39, 0.29) is 17.2 Å². The summed E-state index contributed by atoms with van der Waals surface area (Å²) in [5, 5.41) is 12.1. The largest absolute Gasteiger partial charge is 0.465 e. The van der Waals surface area contributed by atoms with Gasteiger partial charge < -0.3 is 15.3 Å². The van der Waals surface area contributed by atoms with Gasteiger partial charge in [0.05, 0.1) is 0 Å². The van der Waals surface area contributed by atoms with Gasteiger partial charge in [-0.3, -0.25) is 4.79 Å². The number of carbonyl (C=O) groups excluding carboxylic acids is 1. The first-order valence-corrected chi connectivity index (χ1v) is 9.03. The van der Waals surface area contributed by atoms with Crippen LogP contribution in [-0.4, -0.2) is 41.1 Å². The molecule has 25 heavy (non-hydrogen) atoms. The summed E-state index contributed by atoms with van der Waals surface area (Å²) < 4.78 is 0. The number of amides is 2. The lowest BCUT2D eigenvalue weighted by Gasteiger charge is -2.45. The van der Waals surface area contributed by atoms with E-state index in [1.807, 2.05) is 26.0 Å². The normalized spacial score (nSPS) is 21.0. The molecule has 0 aromatic heterocycles. The smallest absolute Gasteiger partial charge is 0.405 e. The van der Waals surface area contributed by atoms with Gasteiger partial charge in [0.25, 0.3) is 0 Å². The van der Waals surface area contributed by atoms with Crippen LogP contribution >= 0.6 is 11.6 Å². The van der Waals surface area contributed by atoms with Crippen molar-refractivity contribution >= 4 is 23.6 Å². The lowest BCUT2D eigenvalue weighted by atomic mass is 9.70. The van der Waals surface area contributed by atoms with E-state index in [1.54, 1.807) is 4.90 Å². The van der Waals surface area contributed by atoms with Gasteiger partial charge >= 0.3 is 6.09 Å². The molecule has 1 aliphatic heterocycles. The Labute approximate surface area is 154 Å². The van der Waals surface area contributed by atoms with E-state index in [4.69, 9.17) is 16.7 Å². The first-order chi connectivity index (χ1) is 11.6. The molecule has 1 saturated heterocycles. The van der Waals surface area contributed by atoms with E-state index in [9.17, 15) is 9.59 Å². The van der Waals surface area contributed by atoms with Crippen molar-refractivity contribution in [1.82, 2.24) is 10.2 Å². The number of halogens is 1. The SMILES string of the molecule is CC(C)[C@@H](NC(=O)O)C(=O)N1CCC(c2ccc(Cl)cc2)C(C)(C)C1. The predicted octanol–water partition coefficient (Wildman–Crippen LogP) is 3.97. The molecule has 0 spiro atoms. The highest BCUT2D eigenvalue weighted by Gasteiger charge is 2.40. The zero-order chi connectivity index (χ0) is 18.8. The van der Waals surface area contributed by atoms with Crippen molar-refractivity contribution in [3.05, 3.63) is 34.9 Å². The summed E-state index contributed by atoms with van der Waals surface area (Å²) in [6.07, 6.45) is -0.319. The molecule has 0 bridgehead atoms. The van der Waals surface area contributed by atoms with E-state index >= 15 is 0 Å². The molecule has 1 aromatic rings. The molecule has 0 saturated carbocycles. The molecule has 2 amide bonds. The molecule has 1 unspecified atom stereocenters. The van der Waals surface area contributed by atoms with Gasteiger partial charge in [0, 0.05) is 18.1 Å². The number of hydrogen-bond donors (Lipinski definition) is 2. The second-order valence-corrected chi connectivity index (χ2v) is 8.25. The van der Waals surface area contributed by atoms with Gasteiger partial charge in [0.1, 0.15) is 6.04 Å². The summed E-state index contributed by atoms with van der Waals surface area (Å²) in [5.74, 6) is 0.0967. The maximum absolute atomic E-state index is 12.8. The Balaban J connectivity index is 2.14.